The highest BCUT2D eigenvalue weighted by Crippen LogP contribution is 2.11. The van der Waals surface area contributed by atoms with Crippen LogP contribution in [0.25, 0.3) is 0 Å². The number of nitrogens with one attached hydrogen (secondary N) is 1. The van der Waals surface area contributed by atoms with E-state index in [4.69, 9.17) is 0 Å². The van der Waals surface area contributed by atoms with Crippen LogP contribution in [-0.2, 0) is 13.0 Å². The van der Waals surface area contributed by atoms with E-state index in [9.17, 15) is 4.79 Å². The second kappa shape index (κ2) is 7.62. The minimum Gasteiger partial charge on any atom is -0.362 e. The maximum absolute atomic E-state index is 12.2. The van der Waals surface area contributed by atoms with Gasteiger partial charge in [0.2, 0.25) is 0 Å². The van der Waals surface area contributed by atoms with E-state index in [1.165, 1.54) is 5.56 Å². The first-order valence-electron chi connectivity index (χ1n) is 7.60. The van der Waals surface area contributed by atoms with Crippen molar-refractivity contribution in [2.75, 3.05) is 5.32 Å². The normalized spacial score (nSPS) is 12.1. The molecule has 4 heteroatoms. The zero-order chi connectivity index (χ0) is 15.1. The first-order valence-corrected chi connectivity index (χ1v) is 7.60. The second-order valence-electron chi connectivity index (χ2n) is 5.19. The van der Waals surface area contributed by atoms with Crippen LogP contribution in [0.5, 0.6) is 0 Å². The number of benzene rings is 1. The molecule has 1 aromatic carbocycles. The molecular weight excluding hydrogens is 262 g/mol. The Morgan fingerprint density at radius 2 is 2.00 bits per heavy atom. The predicted octanol–water partition coefficient (Wildman–Crippen LogP) is 3.09. The van der Waals surface area contributed by atoms with Crippen molar-refractivity contribution in [3.8, 4) is 0 Å². The van der Waals surface area contributed by atoms with Gasteiger partial charge >= 0.3 is 0 Å². The summed E-state index contributed by atoms with van der Waals surface area (Å²) in [6.07, 6.45) is 6.38. The second-order valence-corrected chi connectivity index (χ2v) is 5.19. The SMILES string of the molecule is CCCC(Cc1ccccc1)Nc1nccn(CC)c1=O. The van der Waals surface area contributed by atoms with Gasteiger partial charge < -0.3 is 9.88 Å². The smallest absolute Gasteiger partial charge is 0.293 e. The van der Waals surface area contributed by atoms with Gasteiger partial charge in [-0.15, -0.1) is 0 Å². The fraction of sp³-hybridized carbons (Fsp3) is 0.412. The molecule has 0 amide bonds. The summed E-state index contributed by atoms with van der Waals surface area (Å²) >= 11 is 0. The zero-order valence-electron chi connectivity index (χ0n) is 12.7. The lowest BCUT2D eigenvalue weighted by Crippen LogP contribution is -2.30. The molecule has 0 saturated carbocycles. The van der Waals surface area contributed by atoms with Gasteiger partial charge in [-0.05, 0) is 25.3 Å². The Labute approximate surface area is 125 Å². The largest absolute Gasteiger partial charge is 0.362 e. The molecule has 1 unspecified atom stereocenters. The Hall–Kier alpha value is -2.10. The molecule has 4 nitrogen and oxygen atoms in total. The van der Waals surface area contributed by atoms with Crippen LogP contribution in [0, 0.1) is 0 Å². The molecule has 0 bridgehead atoms. The summed E-state index contributed by atoms with van der Waals surface area (Å²) in [5.74, 6) is 0.453. The molecule has 1 heterocycles. The summed E-state index contributed by atoms with van der Waals surface area (Å²) in [6, 6.07) is 10.6. The van der Waals surface area contributed by atoms with Crippen LogP contribution in [0.4, 0.5) is 5.82 Å². The topological polar surface area (TPSA) is 46.9 Å². The summed E-state index contributed by atoms with van der Waals surface area (Å²) < 4.78 is 1.67. The van der Waals surface area contributed by atoms with Crippen LogP contribution in [0.3, 0.4) is 0 Å². The van der Waals surface area contributed by atoms with Gasteiger partial charge in [-0.25, -0.2) is 4.98 Å². The fourth-order valence-electron chi connectivity index (χ4n) is 2.46. The number of anilines is 1. The molecule has 1 N–H and O–H groups in total. The van der Waals surface area contributed by atoms with E-state index in [-0.39, 0.29) is 11.6 Å². The van der Waals surface area contributed by atoms with Gasteiger partial charge in [0.15, 0.2) is 5.82 Å². The van der Waals surface area contributed by atoms with E-state index in [0.29, 0.717) is 12.4 Å². The van der Waals surface area contributed by atoms with Gasteiger partial charge in [-0.1, -0.05) is 43.7 Å². The van der Waals surface area contributed by atoms with Gasteiger partial charge in [0.25, 0.3) is 5.56 Å². The van der Waals surface area contributed by atoms with Crippen LogP contribution in [-0.4, -0.2) is 15.6 Å². The molecule has 0 fully saturated rings. The van der Waals surface area contributed by atoms with E-state index >= 15 is 0 Å². The quantitative estimate of drug-likeness (QED) is 0.850. The minimum absolute atomic E-state index is 0.0471. The molecule has 2 aromatic rings. The summed E-state index contributed by atoms with van der Waals surface area (Å²) in [5, 5.41) is 3.33. The molecule has 0 aliphatic carbocycles. The Kier molecular flexibility index (Phi) is 5.55. The van der Waals surface area contributed by atoms with E-state index in [2.05, 4.69) is 29.4 Å². The molecule has 112 valence electrons. The standard InChI is InChI=1S/C17H23N3O/c1-3-8-15(13-14-9-6-5-7-10-14)19-16-17(21)20(4-2)12-11-18-16/h5-7,9-12,15H,3-4,8,13H2,1-2H3,(H,18,19). The van der Waals surface area contributed by atoms with Gasteiger partial charge in [-0.3, -0.25) is 4.79 Å². The molecule has 0 radical (unpaired) electrons. The molecule has 1 aromatic heterocycles. The molecule has 0 saturated heterocycles. The molecule has 0 spiro atoms. The predicted molar refractivity (Wildman–Crippen MR) is 86.6 cm³/mol. The maximum Gasteiger partial charge on any atom is 0.293 e. The third-order valence-corrected chi connectivity index (χ3v) is 3.56. The van der Waals surface area contributed by atoms with Crippen molar-refractivity contribution < 1.29 is 0 Å². The molecule has 0 aliphatic heterocycles. The van der Waals surface area contributed by atoms with Crippen molar-refractivity contribution in [2.45, 2.75) is 45.7 Å². The number of nitrogens with zero attached hydrogens (tertiary/aromatic N) is 2. The monoisotopic (exact) mass is 285 g/mol. The van der Waals surface area contributed by atoms with E-state index in [0.717, 1.165) is 19.3 Å². The van der Waals surface area contributed by atoms with Crippen LogP contribution in [0.15, 0.2) is 47.5 Å². The number of hydrogen-bond acceptors (Lipinski definition) is 3. The van der Waals surface area contributed by atoms with E-state index in [1.54, 1.807) is 17.0 Å². The first-order chi connectivity index (χ1) is 10.2. The van der Waals surface area contributed by atoms with Gasteiger partial charge in [0.1, 0.15) is 0 Å². The van der Waals surface area contributed by atoms with Gasteiger partial charge in [0, 0.05) is 25.0 Å². The number of aromatic nitrogens is 2. The third-order valence-electron chi connectivity index (χ3n) is 3.56. The summed E-state index contributed by atoms with van der Waals surface area (Å²) in [6.45, 7) is 4.77. The van der Waals surface area contributed by atoms with Gasteiger partial charge in [0.05, 0.1) is 0 Å². The van der Waals surface area contributed by atoms with E-state index in [1.807, 2.05) is 25.1 Å². The Balaban J connectivity index is 2.15. The Morgan fingerprint density at radius 3 is 2.67 bits per heavy atom. The van der Waals surface area contributed by atoms with Crippen molar-refractivity contribution >= 4 is 5.82 Å². The van der Waals surface area contributed by atoms with Crippen molar-refractivity contribution in [2.24, 2.45) is 0 Å². The number of hydrogen-bond donors (Lipinski definition) is 1. The Bertz CT molecular complexity index is 607. The van der Waals surface area contributed by atoms with Crippen molar-refractivity contribution in [1.29, 1.82) is 0 Å². The average Bonchev–Trinajstić information content (AvgIpc) is 2.50. The highest BCUT2D eigenvalue weighted by Gasteiger charge is 2.12. The van der Waals surface area contributed by atoms with Crippen molar-refractivity contribution in [1.82, 2.24) is 9.55 Å². The lowest BCUT2D eigenvalue weighted by molar-refractivity contribution is 0.628. The number of rotatable bonds is 7. The first kappa shape index (κ1) is 15.3. The van der Waals surface area contributed by atoms with Crippen molar-refractivity contribution in [3.63, 3.8) is 0 Å². The third kappa shape index (κ3) is 4.18. The summed E-state index contributed by atoms with van der Waals surface area (Å²) in [4.78, 5) is 16.4. The molecule has 21 heavy (non-hydrogen) atoms. The Morgan fingerprint density at radius 1 is 1.24 bits per heavy atom. The molecule has 0 aliphatic rings. The van der Waals surface area contributed by atoms with E-state index < -0.39 is 0 Å². The van der Waals surface area contributed by atoms with Crippen molar-refractivity contribution in [3.05, 3.63) is 58.6 Å². The van der Waals surface area contributed by atoms with Crippen LogP contribution in [0.1, 0.15) is 32.3 Å². The summed E-state index contributed by atoms with van der Waals surface area (Å²) in [7, 11) is 0. The van der Waals surface area contributed by atoms with Crippen LogP contribution < -0.4 is 10.9 Å². The van der Waals surface area contributed by atoms with Crippen LogP contribution in [0.2, 0.25) is 0 Å². The number of aryl methyl sites for hydroxylation is 1. The minimum atomic E-state index is -0.0471. The molecule has 2 rings (SSSR count). The lowest BCUT2D eigenvalue weighted by Gasteiger charge is -2.19. The zero-order valence-corrected chi connectivity index (χ0v) is 12.7. The fourth-order valence-corrected chi connectivity index (χ4v) is 2.46. The lowest BCUT2D eigenvalue weighted by atomic mass is 10.0. The average molecular weight is 285 g/mol. The summed E-state index contributed by atoms with van der Waals surface area (Å²) in [5.41, 5.74) is 1.23. The molecular formula is C17H23N3O. The van der Waals surface area contributed by atoms with Gasteiger partial charge in [-0.2, -0.15) is 0 Å². The highest BCUT2D eigenvalue weighted by molar-refractivity contribution is 5.33. The molecule has 1 atom stereocenters. The van der Waals surface area contributed by atoms with Crippen LogP contribution >= 0.6 is 0 Å². The highest BCUT2D eigenvalue weighted by atomic mass is 16.1. The maximum atomic E-state index is 12.2.